The van der Waals surface area contributed by atoms with Gasteiger partial charge in [-0.1, -0.05) is 44.2 Å². The van der Waals surface area contributed by atoms with Crippen LogP contribution in [0.5, 0.6) is 5.88 Å². The van der Waals surface area contributed by atoms with E-state index in [9.17, 15) is 0 Å². The third-order valence-electron chi connectivity index (χ3n) is 5.23. The minimum absolute atomic E-state index is 0.515. The van der Waals surface area contributed by atoms with Crippen LogP contribution in [0.2, 0.25) is 0 Å². The van der Waals surface area contributed by atoms with Crippen molar-refractivity contribution in [3.05, 3.63) is 70.2 Å². The van der Waals surface area contributed by atoms with Crippen molar-refractivity contribution in [2.24, 2.45) is 0 Å². The van der Waals surface area contributed by atoms with Gasteiger partial charge < -0.3 is 4.74 Å². The lowest BCUT2D eigenvalue weighted by atomic mass is 10.0. The summed E-state index contributed by atoms with van der Waals surface area (Å²) < 4.78 is 5.83. The Morgan fingerprint density at radius 1 is 0.903 bits per heavy atom. The lowest BCUT2D eigenvalue weighted by Gasteiger charge is -2.11. The van der Waals surface area contributed by atoms with Gasteiger partial charge in [-0.15, -0.1) is 11.3 Å². The highest BCUT2D eigenvalue weighted by molar-refractivity contribution is 7.09. The Bertz CT molecular complexity index is 1150. The molecule has 4 aromatic rings. The monoisotopic (exact) mass is 431 g/mol. The lowest BCUT2D eigenvalue weighted by molar-refractivity contribution is 0.328. The zero-order valence-corrected chi connectivity index (χ0v) is 19.3. The number of thiazole rings is 1. The van der Waals surface area contributed by atoms with Crippen LogP contribution >= 0.6 is 11.3 Å². The van der Waals surface area contributed by atoms with Crippen LogP contribution in [-0.4, -0.2) is 21.6 Å². The molecule has 0 atom stereocenters. The fourth-order valence-electron chi connectivity index (χ4n) is 3.62. The Labute approximate surface area is 188 Å². The van der Waals surface area contributed by atoms with Crippen molar-refractivity contribution in [1.29, 1.82) is 0 Å². The summed E-state index contributed by atoms with van der Waals surface area (Å²) in [6.45, 7) is 6.94. The van der Waals surface area contributed by atoms with Crippen LogP contribution in [0.1, 0.15) is 55.8 Å². The molecule has 0 spiro atoms. The van der Waals surface area contributed by atoms with Gasteiger partial charge in [0.25, 0.3) is 0 Å². The maximum atomic E-state index is 5.83. The van der Waals surface area contributed by atoms with Gasteiger partial charge in [0, 0.05) is 16.9 Å². The molecule has 0 radical (unpaired) electrons. The van der Waals surface area contributed by atoms with Crippen LogP contribution in [0.3, 0.4) is 0 Å². The van der Waals surface area contributed by atoms with Gasteiger partial charge in [-0.25, -0.2) is 15.0 Å². The van der Waals surface area contributed by atoms with Crippen molar-refractivity contribution in [2.75, 3.05) is 6.61 Å². The van der Waals surface area contributed by atoms with Crippen molar-refractivity contribution >= 4 is 22.4 Å². The number of hydrogen-bond acceptors (Lipinski definition) is 5. The molecule has 0 amide bonds. The van der Waals surface area contributed by atoms with E-state index in [1.54, 1.807) is 11.3 Å². The summed E-state index contributed by atoms with van der Waals surface area (Å²) in [4.78, 5) is 14.3. The normalized spacial score (nSPS) is 11.4. The Hall–Kier alpha value is -2.79. The van der Waals surface area contributed by atoms with Crippen LogP contribution < -0.4 is 4.74 Å². The molecule has 160 valence electrons. The van der Waals surface area contributed by atoms with Gasteiger partial charge in [0.05, 0.1) is 28.3 Å². The predicted octanol–water partition coefficient (Wildman–Crippen LogP) is 6.84. The summed E-state index contributed by atoms with van der Waals surface area (Å²) in [6, 6.07) is 16.5. The van der Waals surface area contributed by atoms with Crippen molar-refractivity contribution in [1.82, 2.24) is 15.0 Å². The number of aryl methyl sites for hydroxylation is 2. The smallest absolute Gasteiger partial charge is 0.241 e. The number of fused-ring (bicyclic) bond motifs is 1. The topological polar surface area (TPSA) is 47.9 Å². The minimum atomic E-state index is 0.515. The first kappa shape index (κ1) is 21.4. The van der Waals surface area contributed by atoms with Crippen molar-refractivity contribution < 1.29 is 4.74 Å². The second kappa shape index (κ2) is 10.0. The zero-order chi connectivity index (χ0) is 21.6. The number of hydrogen-bond donors (Lipinski definition) is 0. The maximum Gasteiger partial charge on any atom is 0.241 e. The van der Waals surface area contributed by atoms with Crippen molar-refractivity contribution in [3.8, 4) is 17.1 Å². The van der Waals surface area contributed by atoms with E-state index >= 15 is 0 Å². The van der Waals surface area contributed by atoms with Gasteiger partial charge in [-0.3, -0.25) is 0 Å². The molecule has 2 aromatic carbocycles. The first-order valence-electron chi connectivity index (χ1n) is 11.1. The molecule has 5 heteroatoms. The molecule has 0 fully saturated rings. The van der Waals surface area contributed by atoms with Crippen LogP contribution in [0.15, 0.2) is 53.9 Å². The molecule has 0 unspecified atom stereocenters. The van der Waals surface area contributed by atoms with Gasteiger partial charge in [0.15, 0.2) is 0 Å². The molecule has 0 saturated carbocycles. The summed E-state index contributed by atoms with van der Waals surface area (Å²) in [7, 11) is 0. The van der Waals surface area contributed by atoms with E-state index in [0.29, 0.717) is 18.4 Å². The molecule has 0 N–H and O–H groups in total. The zero-order valence-electron chi connectivity index (χ0n) is 18.5. The van der Waals surface area contributed by atoms with E-state index in [1.807, 2.05) is 31.2 Å². The van der Waals surface area contributed by atoms with Gasteiger partial charge in [-0.05, 0) is 56.4 Å². The first-order valence-corrected chi connectivity index (χ1v) is 11.9. The molecule has 31 heavy (non-hydrogen) atoms. The highest BCUT2D eigenvalue weighted by Gasteiger charge is 2.13. The molecule has 4 nitrogen and oxygen atoms in total. The molecular formula is C26H29N3OS. The third-order valence-corrected chi connectivity index (χ3v) is 6.43. The Kier molecular flexibility index (Phi) is 6.92. The molecule has 0 aliphatic rings. The Morgan fingerprint density at radius 2 is 1.68 bits per heavy atom. The largest absolute Gasteiger partial charge is 0.476 e. The van der Waals surface area contributed by atoms with E-state index < -0.39 is 0 Å². The van der Waals surface area contributed by atoms with E-state index in [1.165, 1.54) is 16.3 Å². The Morgan fingerprint density at radius 3 is 2.42 bits per heavy atom. The molecule has 0 saturated heterocycles. The molecule has 2 aromatic heterocycles. The number of para-hydroxylation sites is 2. The summed E-state index contributed by atoms with van der Waals surface area (Å²) in [5.41, 5.74) is 6.15. The molecular weight excluding hydrogens is 402 g/mol. The highest BCUT2D eigenvalue weighted by atomic mass is 32.1. The predicted molar refractivity (Wildman–Crippen MR) is 129 cm³/mol. The lowest BCUT2D eigenvalue weighted by Crippen LogP contribution is -2.00. The average molecular weight is 432 g/mol. The highest BCUT2D eigenvalue weighted by Crippen LogP contribution is 2.29. The summed E-state index contributed by atoms with van der Waals surface area (Å²) in [5.74, 6) is 1.11. The van der Waals surface area contributed by atoms with Crippen LogP contribution in [0.4, 0.5) is 0 Å². The van der Waals surface area contributed by atoms with Crippen LogP contribution in [0.25, 0.3) is 22.3 Å². The molecule has 0 aliphatic heterocycles. The maximum absolute atomic E-state index is 5.83. The quantitative estimate of drug-likeness (QED) is 0.272. The van der Waals surface area contributed by atoms with Gasteiger partial charge in [-0.2, -0.15) is 0 Å². The van der Waals surface area contributed by atoms with E-state index in [4.69, 9.17) is 19.7 Å². The number of benzene rings is 2. The average Bonchev–Trinajstić information content (AvgIpc) is 3.26. The number of nitrogens with zero attached hydrogens (tertiary/aromatic N) is 3. The minimum Gasteiger partial charge on any atom is -0.476 e. The molecule has 2 heterocycles. The molecule has 0 aliphatic carbocycles. The number of unbranched alkanes of at least 4 members (excludes halogenated alkanes) is 1. The van der Waals surface area contributed by atoms with E-state index in [2.05, 4.69) is 43.5 Å². The van der Waals surface area contributed by atoms with Crippen molar-refractivity contribution in [2.45, 2.75) is 52.4 Å². The molecule has 4 rings (SSSR count). The van der Waals surface area contributed by atoms with Gasteiger partial charge in [0.1, 0.15) is 5.69 Å². The second-order valence-electron chi connectivity index (χ2n) is 8.04. The number of ether oxygens (including phenoxy) is 1. The summed E-state index contributed by atoms with van der Waals surface area (Å²) in [6.07, 6.45) is 4.37. The fourth-order valence-corrected chi connectivity index (χ4v) is 4.49. The number of aromatic nitrogens is 3. The van der Waals surface area contributed by atoms with Gasteiger partial charge in [0.2, 0.25) is 5.88 Å². The first-order chi connectivity index (χ1) is 15.1. The number of rotatable bonds is 9. The molecule has 0 bridgehead atoms. The fraction of sp³-hybridized carbons (Fsp3) is 0.346. The van der Waals surface area contributed by atoms with Crippen LogP contribution in [0, 0.1) is 0 Å². The summed E-state index contributed by atoms with van der Waals surface area (Å²) >= 11 is 1.78. The standard InChI is InChI=1S/C26H29N3OS/c1-4-30-25-24(28-22-14-7-8-15-23(22)29-25)20-12-9-11-19(16-20)10-5-6-13-21-17-31-26(27-21)18(2)3/h7-9,11-12,14-18H,4-6,10,13H2,1-3H3. The van der Waals surface area contributed by atoms with Crippen LogP contribution in [-0.2, 0) is 12.8 Å². The Balaban J connectivity index is 1.46. The second-order valence-corrected chi connectivity index (χ2v) is 8.93. The third kappa shape index (κ3) is 5.28. The van der Waals surface area contributed by atoms with E-state index in [0.717, 1.165) is 48.0 Å². The van der Waals surface area contributed by atoms with Crippen molar-refractivity contribution in [3.63, 3.8) is 0 Å². The summed E-state index contributed by atoms with van der Waals surface area (Å²) in [5, 5.41) is 3.45. The van der Waals surface area contributed by atoms with Gasteiger partial charge >= 0.3 is 0 Å². The SMILES string of the molecule is CCOc1nc2ccccc2nc1-c1cccc(CCCCc2csc(C(C)C)n2)c1. The van der Waals surface area contributed by atoms with E-state index in [-0.39, 0.29) is 0 Å².